The van der Waals surface area contributed by atoms with Crippen molar-refractivity contribution in [2.24, 2.45) is 10.1 Å². The lowest BCUT2D eigenvalue weighted by molar-refractivity contribution is 1.03. The Labute approximate surface area is 53.4 Å². The number of hydrogen-bond acceptors (Lipinski definition) is 2. The van der Waals surface area contributed by atoms with Gasteiger partial charge in [0.1, 0.15) is 6.34 Å². The van der Waals surface area contributed by atoms with Crippen molar-refractivity contribution in [2.45, 2.75) is 0 Å². The van der Waals surface area contributed by atoms with Gasteiger partial charge in [-0.05, 0) is 0 Å². The summed E-state index contributed by atoms with van der Waals surface area (Å²) in [7, 11) is 0. The zero-order chi connectivity index (χ0) is 6.24. The molecule has 0 bridgehead atoms. The third-order valence-electron chi connectivity index (χ3n) is 0.454. The minimum absolute atomic E-state index is 0.537. The molecule has 0 rings (SSSR count). The van der Waals surface area contributed by atoms with Gasteiger partial charge in [0.2, 0.25) is 0 Å². The summed E-state index contributed by atoms with van der Waals surface area (Å²) in [4.78, 5) is 3.78. The quantitative estimate of drug-likeness (QED) is 0.257. The lowest BCUT2D eigenvalue weighted by Gasteiger charge is -1.84. The predicted molar refractivity (Wildman–Crippen MR) is 36.8 cm³/mol. The number of nitrogens with zero attached hydrogens (tertiary/aromatic N) is 2. The van der Waals surface area contributed by atoms with Crippen molar-refractivity contribution >= 4 is 24.7 Å². The molecule has 0 aromatic heterocycles. The summed E-state index contributed by atoms with van der Waals surface area (Å²) in [5.74, 6) is 0.537. The molecule has 0 atom stereocenters. The van der Waals surface area contributed by atoms with Gasteiger partial charge in [0.15, 0.2) is 0 Å². The van der Waals surface area contributed by atoms with Crippen LogP contribution in [-0.4, -0.2) is 25.5 Å². The summed E-state index contributed by atoms with van der Waals surface area (Å²) in [6, 6.07) is 0. The minimum Gasteiger partial charge on any atom is -0.273 e. The standard InChI is InChI=1S/C4H8ClN3/c1-6-8-4-7-3-2-5/h4H,1-3H2,(H,7,8). The van der Waals surface area contributed by atoms with Crippen molar-refractivity contribution < 1.29 is 0 Å². The zero-order valence-corrected chi connectivity index (χ0v) is 5.23. The highest BCUT2D eigenvalue weighted by molar-refractivity contribution is 6.18. The van der Waals surface area contributed by atoms with Gasteiger partial charge in [-0.25, -0.2) is 0 Å². The van der Waals surface area contributed by atoms with Crippen molar-refractivity contribution in [3.05, 3.63) is 0 Å². The molecule has 46 valence electrons. The molecule has 8 heavy (non-hydrogen) atoms. The van der Waals surface area contributed by atoms with Crippen molar-refractivity contribution in [1.82, 2.24) is 5.43 Å². The topological polar surface area (TPSA) is 36.8 Å². The average molecular weight is 134 g/mol. The number of alkyl halides is 1. The predicted octanol–water partition coefficient (Wildman–Crippen LogP) is 0.459. The van der Waals surface area contributed by atoms with E-state index in [1.807, 2.05) is 0 Å². The number of aliphatic imine (C=N–C) groups is 1. The Bertz CT molecular complexity index is 81.4. The summed E-state index contributed by atoms with van der Waals surface area (Å²) >= 11 is 5.29. The summed E-state index contributed by atoms with van der Waals surface area (Å²) in [6.45, 7) is 3.79. The van der Waals surface area contributed by atoms with Gasteiger partial charge in [-0.1, -0.05) is 0 Å². The molecule has 0 spiro atoms. The molecule has 1 N–H and O–H groups in total. The molecule has 0 aliphatic heterocycles. The monoisotopic (exact) mass is 133 g/mol. The second-order valence-corrected chi connectivity index (χ2v) is 1.39. The number of nitrogens with one attached hydrogen (secondary N) is 1. The van der Waals surface area contributed by atoms with E-state index in [2.05, 4.69) is 22.2 Å². The first-order valence-corrected chi connectivity index (χ1v) is 2.70. The molecule has 0 saturated heterocycles. The van der Waals surface area contributed by atoms with E-state index < -0.39 is 0 Å². The molecule has 0 saturated carbocycles. The summed E-state index contributed by atoms with van der Waals surface area (Å²) in [5, 5.41) is 3.32. The van der Waals surface area contributed by atoms with Gasteiger partial charge in [0, 0.05) is 12.6 Å². The Kier molecular flexibility index (Phi) is 5.97. The van der Waals surface area contributed by atoms with E-state index in [1.165, 1.54) is 6.34 Å². The van der Waals surface area contributed by atoms with Gasteiger partial charge in [0.25, 0.3) is 0 Å². The molecule has 0 aliphatic rings. The first kappa shape index (κ1) is 7.43. The van der Waals surface area contributed by atoms with Crippen LogP contribution >= 0.6 is 11.6 Å². The van der Waals surface area contributed by atoms with Crippen molar-refractivity contribution in [3.63, 3.8) is 0 Å². The van der Waals surface area contributed by atoms with E-state index in [0.29, 0.717) is 12.4 Å². The first-order valence-electron chi connectivity index (χ1n) is 2.17. The van der Waals surface area contributed by atoms with Gasteiger partial charge in [0.05, 0.1) is 6.54 Å². The molecular formula is C4H8ClN3. The maximum Gasteiger partial charge on any atom is 0.103 e. The molecular weight excluding hydrogens is 126 g/mol. The molecule has 0 fully saturated rings. The van der Waals surface area contributed by atoms with Crippen LogP contribution < -0.4 is 5.43 Å². The Hall–Kier alpha value is -0.570. The summed E-state index contributed by atoms with van der Waals surface area (Å²) < 4.78 is 0. The van der Waals surface area contributed by atoms with Gasteiger partial charge >= 0.3 is 0 Å². The average Bonchev–Trinajstić information content (AvgIpc) is 1.81. The second kappa shape index (κ2) is 6.43. The molecule has 0 aliphatic carbocycles. The zero-order valence-electron chi connectivity index (χ0n) is 4.47. The van der Waals surface area contributed by atoms with E-state index in [1.54, 1.807) is 0 Å². The van der Waals surface area contributed by atoms with Crippen LogP contribution in [0.2, 0.25) is 0 Å². The van der Waals surface area contributed by atoms with E-state index in [9.17, 15) is 0 Å². The Balaban J connectivity index is 2.94. The highest BCUT2D eigenvalue weighted by atomic mass is 35.5. The van der Waals surface area contributed by atoms with Crippen LogP contribution in [0.25, 0.3) is 0 Å². The number of rotatable bonds is 4. The molecule has 0 aromatic rings. The van der Waals surface area contributed by atoms with Crippen LogP contribution in [-0.2, 0) is 0 Å². The van der Waals surface area contributed by atoms with Crippen molar-refractivity contribution in [3.8, 4) is 0 Å². The van der Waals surface area contributed by atoms with Gasteiger partial charge in [-0.15, -0.1) is 11.6 Å². The lowest BCUT2D eigenvalue weighted by Crippen LogP contribution is -2.00. The summed E-state index contributed by atoms with van der Waals surface area (Å²) in [5.41, 5.74) is 2.45. The van der Waals surface area contributed by atoms with Crippen LogP contribution in [0.1, 0.15) is 0 Å². The Morgan fingerprint density at radius 1 is 1.75 bits per heavy atom. The smallest absolute Gasteiger partial charge is 0.103 e. The minimum atomic E-state index is 0.537. The fourth-order valence-corrected chi connectivity index (χ4v) is 0.293. The normalized spacial score (nSPS) is 9.62. The highest BCUT2D eigenvalue weighted by Gasteiger charge is 1.70. The van der Waals surface area contributed by atoms with E-state index >= 15 is 0 Å². The Morgan fingerprint density at radius 2 is 2.50 bits per heavy atom. The van der Waals surface area contributed by atoms with E-state index in [4.69, 9.17) is 11.6 Å². The Morgan fingerprint density at radius 3 is 3.00 bits per heavy atom. The van der Waals surface area contributed by atoms with Crippen LogP contribution in [0.5, 0.6) is 0 Å². The number of hydrazone groups is 1. The van der Waals surface area contributed by atoms with Crippen LogP contribution in [0, 0.1) is 0 Å². The third kappa shape index (κ3) is 5.43. The first-order chi connectivity index (χ1) is 3.91. The molecule has 3 nitrogen and oxygen atoms in total. The summed E-state index contributed by atoms with van der Waals surface area (Å²) in [6.07, 6.45) is 1.45. The third-order valence-corrected chi connectivity index (χ3v) is 0.623. The van der Waals surface area contributed by atoms with E-state index in [0.717, 1.165) is 0 Å². The van der Waals surface area contributed by atoms with Gasteiger partial charge in [-0.2, -0.15) is 5.10 Å². The maximum absolute atomic E-state index is 5.29. The lowest BCUT2D eigenvalue weighted by atomic mass is 10.8. The van der Waals surface area contributed by atoms with Crippen LogP contribution in [0.4, 0.5) is 0 Å². The van der Waals surface area contributed by atoms with Crippen molar-refractivity contribution in [2.75, 3.05) is 12.4 Å². The largest absolute Gasteiger partial charge is 0.273 e. The molecule has 4 heteroatoms. The van der Waals surface area contributed by atoms with Crippen LogP contribution in [0.3, 0.4) is 0 Å². The fraction of sp³-hybridized carbons (Fsp3) is 0.500. The molecule has 0 unspecified atom stereocenters. The molecule has 0 heterocycles. The second-order valence-electron chi connectivity index (χ2n) is 1.01. The maximum atomic E-state index is 5.29. The number of halogens is 1. The molecule has 0 amide bonds. The van der Waals surface area contributed by atoms with Crippen molar-refractivity contribution in [1.29, 1.82) is 0 Å². The van der Waals surface area contributed by atoms with E-state index in [-0.39, 0.29) is 0 Å². The SMILES string of the molecule is C=NNC=NCCCl. The number of hydrogen-bond donors (Lipinski definition) is 1. The van der Waals surface area contributed by atoms with Crippen LogP contribution in [0.15, 0.2) is 10.1 Å². The van der Waals surface area contributed by atoms with Gasteiger partial charge < -0.3 is 0 Å². The highest BCUT2D eigenvalue weighted by Crippen LogP contribution is 1.72. The molecule has 0 radical (unpaired) electrons. The van der Waals surface area contributed by atoms with Gasteiger partial charge in [-0.3, -0.25) is 10.4 Å². The fourth-order valence-electron chi connectivity index (χ4n) is 0.195. The molecule has 0 aromatic carbocycles.